The number of carbonyl (C=O) groups is 1. The number of unbranched alkanes of at least 4 members (excludes halogenated alkanes) is 4. The van der Waals surface area contributed by atoms with Gasteiger partial charge in [-0.1, -0.05) is 63.8 Å². The number of nitrogens with zero attached hydrogens (tertiary/aromatic N) is 1. The molecule has 0 saturated heterocycles. The molecule has 2 rings (SSSR count). The zero-order chi connectivity index (χ0) is 21.1. The van der Waals surface area contributed by atoms with Gasteiger partial charge in [-0.25, -0.2) is 4.79 Å². The molecular formula is C25H31NO3. The highest BCUT2D eigenvalue weighted by molar-refractivity contribution is 5.81. The highest BCUT2D eigenvalue weighted by Crippen LogP contribution is 2.27. The van der Waals surface area contributed by atoms with Crippen molar-refractivity contribution in [1.82, 2.24) is 0 Å². The molecule has 2 aromatic rings. The Balaban J connectivity index is 1.90. The van der Waals surface area contributed by atoms with Crippen LogP contribution in [0.4, 0.5) is 0 Å². The normalized spacial score (nSPS) is 12.6. The predicted molar refractivity (Wildman–Crippen MR) is 116 cm³/mol. The molecule has 4 heteroatoms. The summed E-state index contributed by atoms with van der Waals surface area (Å²) in [4.78, 5) is 12.2. The number of carbonyl (C=O) groups excluding carboxylic acids is 1. The lowest BCUT2D eigenvalue weighted by Gasteiger charge is -2.17. The number of esters is 1. The van der Waals surface area contributed by atoms with Crippen LogP contribution in [0, 0.1) is 16.7 Å². The first-order valence-corrected chi connectivity index (χ1v) is 10.5. The predicted octanol–water partition coefficient (Wildman–Crippen LogP) is 6.55. The van der Waals surface area contributed by atoms with E-state index in [1.54, 1.807) is 26.0 Å². The van der Waals surface area contributed by atoms with E-state index in [1.165, 1.54) is 25.7 Å². The smallest absolute Gasteiger partial charge is 0.331 e. The average Bonchev–Trinajstić information content (AvgIpc) is 2.76. The average molecular weight is 394 g/mol. The molecular weight excluding hydrogens is 362 g/mol. The third-order valence-corrected chi connectivity index (χ3v) is 5.17. The third kappa shape index (κ3) is 6.64. The summed E-state index contributed by atoms with van der Waals surface area (Å²) < 4.78 is 11.2. The molecule has 1 unspecified atom stereocenters. The number of nitriles is 1. The topological polar surface area (TPSA) is 59.3 Å². The van der Waals surface area contributed by atoms with Gasteiger partial charge in [-0.05, 0) is 55.2 Å². The van der Waals surface area contributed by atoms with Gasteiger partial charge in [-0.15, -0.1) is 0 Å². The molecule has 1 atom stereocenters. The van der Waals surface area contributed by atoms with Crippen molar-refractivity contribution in [2.24, 2.45) is 5.41 Å². The molecule has 29 heavy (non-hydrogen) atoms. The van der Waals surface area contributed by atoms with Crippen LogP contribution >= 0.6 is 0 Å². The summed E-state index contributed by atoms with van der Waals surface area (Å²) in [6.45, 7) is 6.36. The van der Waals surface area contributed by atoms with Gasteiger partial charge in [0.05, 0.1) is 12.7 Å². The highest BCUT2D eigenvalue weighted by Gasteiger charge is 2.33. The van der Waals surface area contributed by atoms with Crippen molar-refractivity contribution in [3.05, 3.63) is 48.5 Å². The van der Waals surface area contributed by atoms with Gasteiger partial charge in [0.25, 0.3) is 0 Å². The Morgan fingerprint density at radius 3 is 1.97 bits per heavy atom. The largest absolute Gasteiger partial charge is 0.494 e. The SMILES string of the molecule is CCCCCCCOc1ccc(-c2ccc(OC(=O)C(C)(C#N)CC)cc2)cc1. The summed E-state index contributed by atoms with van der Waals surface area (Å²) in [5.74, 6) is 0.799. The summed E-state index contributed by atoms with van der Waals surface area (Å²) in [5, 5.41) is 9.19. The first-order valence-electron chi connectivity index (χ1n) is 10.5. The standard InChI is InChI=1S/C25H31NO3/c1-4-6-7-8-9-18-28-22-14-10-20(11-15-22)21-12-16-23(17-13-21)29-24(27)25(3,5-2)19-26/h10-17H,4-9,18H2,1-3H3. The second-order valence-electron chi connectivity index (χ2n) is 7.50. The van der Waals surface area contributed by atoms with Crippen LogP contribution in [0.3, 0.4) is 0 Å². The molecule has 0 radical (unpaired) electrons. The zero-order valence-electron chi connectivity index (χ0n) is 17.7. The molecule has 0 spiro atoms. The van der Waals surface area contributed by atoms with E-state index < -0.39 is 11.4 Å². The van der Waals surface area contributed by atoms with E-state index in [2.05, 4.69) is 6.92 Å². The first kappa shape index (κ1) is 22.5. The molecule has 0 N–H and O–H groups in total. The van der Waals surface area contributed by atoms with Gasteiger partial charge in [0.1, 0.15) is 11.5 Å². The molecule has 154 valence electrons. The summed E-state index contributed by atoms with van der Waals surface area (Å²) in [5.41, 5.74) is 0.966. The van der Waals surface area contributed by atoms with Crippen LogP contribution in [-0.4, -0.2) is 12.6 Å². The Labute approximate surface area is 174 Å². The molecule has 0 heterocycles. The fraction of sp³-hybridized carbons (Fsp3) is 0.440. The fourth-order valence-corrected chi connectivity index (χ4v) is 2.84. The molecule has 4 nitrogen and oxygen atoms in total. The minimum atomic E-state index is -1.12. The molecule has 0 aliphatic heterocycles. The number of hydrogen-bond acceptors (Lipinski definition) is 4. The summed E-state index contributed by atoms with van der Waals surface area (Å²) >= 11 is 0. The summed E-state index contributed by atoms with van der Waals surface area (Å²) in [6.07, 6.45) is 6.54. The van der Waals surface area contributed by atoms with Crippen LogP contribution in [0.15, 0.2) is 48.5 Å². The van der Waals surface area contributed by atoms with Crippen molar-refractivity contribution in [2.75, 3.05) is 6.61 Å². The van der Waals surface area contributed by atoms with Crippen LogP contribution in [0.25, 0.3) is 11.1 Å². The monoisotopic (exact) mass is 393 g/mol. The lowest BCUT2D eigenvalue weighted by molar-refractivity contribution is -0.141. The molecule has 0 aliphatic rings. The minimum absolute atomic E-state index is 0.410. The van der Waals surface area contributed by atoms with E-state index in [1.807, 2.05) is 42.5 Å². The number of hydrogen-bond donors (Lipinski definition) is 0. The van der Waals surface area contributed by atoms with Crippen molar-refractivity contribution in [2.45, 2.75) is 59.3 Å². The zero-order valence-corrected chi connectivity index (χ0v) is 17.7. The molecule has 0 fully saturated rings. The molecule has 0 saturated carbocycles. The van der Waals surface area contributed by atoms with Crippen LogP contribution in [0.5, 0.6) is 11.5 Å². The molecule has 0 bridgehead atoms. The maximum Gasteiger partial charge on any atom is 0.331 e. The highest BCUT2D eigenvalue weighted by atomic mass is 16.5. The number of rotatable bonds is 11. The second-order valence-corrected chi connectivity index (χ2v) is 7.50. The first-order chi connectivity index (χ1) is 14.0. The summed E-state index contributed by atoms with van der Waals surface area (Å²) in [7, 11) is 0. The molecule has 0 aliphatic carbocycles. The van der Waals surface area contributed by atoms with Crippen LogP contribution < -0.4 is 9.47 Å². The van der Waals surface area contributed by atoms with Crippen molar-refractivity contribution < 1.29 is 14.3 Å². The quantitative estimate of drug-likeness (QED) is 0.247. The van der Waals surface area contributed by atoms with Gasteiger partial charge in [-0.3, -0.25) is 0 Å². The van der Waals surface area contributed by atoms with E-state index in [0.29, 0.717) is 12.2 Å². The van der Waals surface area contributed by atoms with E-state index in [-0.39, 0.29) is 0 Å². The number of ether oxygens (including phenoxy) is 2. The Morgan fingerprint density at radius 1 is 0.897 bits per heavy atom. The van der Waals surface area contributed by atoms with Gasteiger partial charge in [0.2, 0.25) is 0 Å². The third-order valence-electron chi connectivity index (χ3n) is 5.17. The van der Waals surface area contributed by atoms with Gasteiger partial charge >= 0.3 is 5.97 Å². The lowest BCUT2D eigenvalue weighted by Crippen LogP contribution is -2.29. The number of benzene rings is 2. The molecule has 0 amide bonds. The van der Waals surface area contributed by atoms with Gasteiger partial charge in [0, 0.05) is 0 Å². The van der Waals surface area contributed by atoms with Crippen LogP contribution in [-0.2, 0) is 4.79 Å². The van der Waals surface area contributed by atoms with Crippen molar-refractivity contribution in [3.8, 4) is 28.7 Å². The van der Waals surface area contributed by atoms with E-state index in [9.17, 15) is 10.1 Å². The molecule has 0 aromatic heterocycles. The molecule has 2 aromatic carbocycles. The van der Waals surface area contributed by atoms with Crippen LogP contribution in [0.1, 0.15) is 59.3 Å². The maximum atomic E-state index is 12.2. The van der Waals surface area contributed by atoms with Crippen molar-refractivity contribution in [3.63, 3.8) is 0 Å². The Hall–Kier alpha value is -2.80. The maximum absolute atomic E-state index is 12.2. The van der Waals surface area contributed by atoms with Gasteiger partial charge in [-0.2, -0.15) is 5.26 Å². The Kier molecular flexibility index (Phi) is 8.73. The van der Waals surface area contributed by atoms with Gasteiger partial charge in [0.15, 0.2) is 5.41 Å². The fourth-order valence-electron chi connectivity index (χ4n) is 2.84. The van der Waals surface area contributed by atoms with E-state index >= 15 is 0 Å². The lowest BCUT2D eigenvalue weighted by atomic mass is 9.90. The van der Waals surface area contributed by atoms with Gasteiger partial charge < -0.3 is 9.47 Å². The Bertz CT molecular complexity index is 805. The van der Waals surface area contributed by atoms with Crippen molar-refractivity contribution >= 4 is 5.97 Å². The Morgan fingerprint density at radius 2 is 1.45 bits per heavy atom. The van der Waals surface area contributed by atoms with Crippen molar-refractivity contribution in [1.29, 1.82) is 5.26 Å². The second kappa shape index (κ2) is 11.3. The van der Waals surface area contributed by atoms with E-state index in [4.69, 9.17) is 9.47 Å². The minimum Gasteiger partial charge on any atom is -0.494 e. The van der Waals surface area contributed by atoms with Crippen LogP contribution in [0.2, 0.25) is 0 Å². The summed E-state index contributed by atoms with van der Waals surface area (Å²) in [6, 6.07) is 17.4. The van der Waals surface area contributed by atoms with E-state index in [0.717, 1.165) is 29.9 Å².